The van der Waals surface area contributed by atoms with Gasteiger partial charge in [0.2, 0.25) is 12.3 Å². The normalized spacial score (nSPS) is 20.7. The summed E-state index contributed by atoms with van der Waals surface area (Å²) >= 11 is 0. The third-order valence-corrected chi connectivity index (χ3v) is 9.55. The fraction of sp³-hybridized carbons (Fsp3) is 0.455. The number of likely N-dealkylation sites (tertiary alicyclic amines) is 2. The zero-order valence-corrected chi connectivity index (χ0v) is 24.7. The molecule has 6 rings (SSSR count). The summed E-state index contributed by atoms with van der Waals surface area (Å²) in [4.78, 5) is 40.7. The van der Waals surface area contributed by atoms with Crippen molar-refractivity contribution >= 4 is 18.3 Å². The Hall–Kier alpha value is -4.19. The average Bonchev–Trinajstić information content (AvgIpc) is 3.62. The van der Waals surface area contributed by atoms with Crippen molar-refractivity contribution in [2.45, 2.75) is 50.7 Å². The van der Waals surface area contributed by atoms with E-state index in [1.807, 2.05) is 0 Å². The number of carboxylic acids is 1. The highest BCUT2D eigenvalue weighted by Gasteiger charge is 2.55. The Bertz CT molecular complexity index is 1560. The van der Waals surface area contributed by atoms with Gasteiger partial charge in [-0.15, -0.1) is 0 Å². The van der Waals surface area contributed by atoms with Gasteiger partial charge in [-0.25, -0.2) is 18.0 Å². The van der Waals surface area contributed by atoms with Gasteiger partial charge in [0.1, 0.15) is 5.82 Å². The maximum atomic E-state index is 13.8. The molecule has 2 aromatic carbocycles. The van der Waals surface area contributed by atoms with Gasteiger partial charge < -0.3 is 19.6 Å². The van der Waals surface area contributed by atoms with Crippen LogP contribution in [0.1, 0.15) is 69.0 Å². The van der Waals surface area contributed by atoms with Crippen LogP contribution in [0.5, 0.6) is 0 Å². The minimum atomic E-state index is -2.71. The van der Waals surface area contributed by atoms with Crippen molar-refractivity contribution < 1.29 is 37.4 Å². The lowest BCUT2D eigenvalue weighted by Gasteiger charge is -2.49. The first-order chi connectivity index (χ1) is 21.6. The number of carbonyl (C=O) groups excluding carboxylic acids is 2. The van der Waals surface area contributed by atoms with Crippen LogP contribution in [0.15, 0.2) is 54.9 Å². The van der Waals surface area contributed by atoms with Crippen LogP contribution in [-0.4, -0.2) is 81.7 Å². The molecule has 0 bridgehead atoms. The molecule has 1 atom stereocenters. The van der Waals surface area contributed by atoms with Crippen LogP contribution in [0.4, 0.5) is 13.2 Å². The van der Waals surface area contributed by atoms with Crippen molar-refractivity contribution in [1.82, 2.24) is 19.6 Å². The van der Waals surface area contributed by atoms with Gasteiger partial charge in [-0.1, -0.05) is 30.3 Å². The van der Waals surface area contributed by atoms with E-state index in [0.29, 0.717) is 49.4 Å². The number of carbonyl (C=O) groups is 3. The number of alkyl halides is 2. The Morgan fingerprint density at radius 2 is 1.80 bits per heavy atom. The molecule has 2 aliphatic heterocycles. The van der Waals surface area contributed by atoms with E-state index in [9.17, 15) is 32.7 Å². The summed E-state index contributed by atoms with van der Waals surface area (Å²) < 4.78 is 48.5. The second kappa shape index (κ2) is 12.3. The number of rotatable bonds is 10. The number of amides is 2. The molecule has 9 nitrogen and oxygen atoms in total. The maximum absolute atomic E-state index is 13.8. The Kier molecular flexibility index (Phi) is 8.43. The van der Waals surface area contributed by atoms with E-state index in [-0.39, 0.29) is 73.4 Å². The van der Waals surface area contributed by atoms with Crippen LogP contribution in [-0.2, 0) is 22.7 Å². The first-order valence-electron chi connectivity index (χ1n) is 15.1. The minimum Gasteiger partial charge on any atom is -0.478 e. The Labute approximate surface area is 258 Å². The number of carboxylic acid groups (broad SMARTS) is 1. The molecular weight excluding hydrogens is 589 g/mol. The Morgan fingerprint density at radius 3 is 2.49 bits per heavy atom. The third-order valence-electron chi connectivity index (χ3n) is 9.55. The predicted molar refractivity (Wildman–Crippen MR) is 156 cm³/mol. The summed E-state index contributed by atoms with van der Waals surface area (Å²) in [6, 6.07) is 11.2. The molecule has 3 fully saturated rings. The van der Waals surface area contributed by atoms with E-state index >= 15 is 0 Å². The number of benzene rings is 2. The fourth-order valence-electron chi connectivity index (χ4n) is 7.14. The van der Waals surface area contributed by atoms with E-state index in [1.54, 1.807) is 51.0 Å². The van der Waals surface area contributed by atoms with Crippen molar-refractivity contribution in [3.8, 4) is 0 Å². The topological polar surface area (TPSA) is 105 Å². The minimum absolute atomic E-state index is 0.0203. The van der Waals surface area contributed by atoms with Crippen LogP contribution >= 0.6 is 0 Å². The van der Waals surface area contributed by atoms with Crippen molar-refractivity contribution in [2.24, 2.45) is 11.3 Å². The smallest absolute Gasteiger partial charge is 0.336 e. The molecule has 1 unspecified atom stereocenters. The van der Waals surface area contributed by atoms with Gasteiger partial charge in [-0.2, -0.15) is 5.10 Å². The van der Waals surface area contributed by atoms with Gasteiger partial charge in [0.05, 0.1) is 37.1 Å². The van der Waals surface area contributed by atoms with Crippen LogP contribution < -0.4 is 0 Å². The summed E-state index contributed by atoms with van der Waals surface area (Å²) in [7, 11) is 0. The molecule has 2 saturated heterocycles. The number of aromatic carboxylic acids is 1. The molecule has 45 heavy (non-hydrogen) atoms. The molecule has 3 heterocycles. The molecular formula is C33H35F3N4O5. The molecule has 3 aromatic rings. The van der Waals surface area contributed by atoms with Gasteiger partial charge in [-0.05, 0) is 47.6 Å². The molecule has 2 amide bonds. The van der Waals surface area contributed by atoms with E-state index in [1.165, 1.54) is 18.3 Å². The highest BCUT2D eigenvalue weighted by atomic mass is 19.3. The summed E-state index contributed by atoms with van der Waals surface area (Å²) in [6.45, 7) is 2.47. The number of ether oxygens (including phenoxy) is 1. The quantitative estimate of drug-likeness (QED) is 0.325. The van der Waals surface area contributed by atoms with Crippen LogP contribution in [0.2, 0.25) is 0 Å². The van der Waals surface area contributed by atoms with E-state index < -0.39 is 11.9 Å². The van der Waals surface area contributed by atoms with E-state index in [4.69, 9.17) is 4.74 Å². The SMILES string of the molecule is O=CN1CC2(C1)CN(C(=O)c1cnn(Cc3ccc(F)cc3)c1)CC2COCc1cccc(C2CCC(F)(F)CC2)c1C(=O)O. The lowest BCUT2D eigenvalue weighted by atomic mass is 9.72. The Balaban J connectivity index is 1.12. The molecule has 1 N–H and O–H groups in total. The number of halogens is 3. The number of nitrogens with zero attached hydrogens (tertiary/aromatic N) is 4. The fourth-order valence-corrected chi connectivity index (χ4v) is 7.14. The van der Waals surface area contributed by atoms with Crippen LogP contribution in [0, 0.1) is 17.2 Å². The van der Waals surface area contributed by atoms with Crippen molar-refractivity contribution in [1.29, 1.82) is 0 Å². The van der Waals surface area contributed by atoms with Crippen molar-refractivity contribution in [2.75, 3.05) is 32.8 Å². The van der Waals surface area contributed by atoms with Gasteiger partial charge in [0, 0.05) is 56.6 Å². The number of hydrogen-bond donors (Lipinski definition) is 1. The standard InChI is InChI=1S/C33H35F3N4O5/c34-27-6-4-22(5-7-27)13-40-14-25(12-37-40)30(42)39-15-26(32(20-39)18-38(19-32)21-41)17-45-16-24-2-1-3-28(29(24)31(43)44)23-8-10-33(35,36)11-9-23/h1-7,12,14,21,23,26H,8-11,13,15-20H2,(H,43,44). The number of aromatic nitrogens is 2. The van der Waals surface area contributed by atoms with E-state index in [0.717, 1.165) is 12.0 Å². The second-order valence-corrected chi connectivity index (χ2v) is 12.6. The zero-order valence-electron chi connectivity index (χ0n) is 24.7. The zero-order chi connectivity index (χ0) is 31.8. The highest BCUT2D eigenvalue weighted by Crippen LogP contribution is 2.45. The largest absolute Gasteiger partial charge is 0.478 e. The molecule has 1 spiro atoms. The van der Waals surface area contributed by atoms with Gasteiger partial charge in [-0.3, -0.25) is 14.3 Å². The van der Waals surface area contributed by atoms with Crippen molar-refractivity contribution in [3.05, 3.63) is 88.5 Å². The number of hydrogen-bond acceptors (Lipinski definition) is 5. The summed E-state index contributed by atoms with van der Waals surface area (Å²) in [5, 5.41) is 14.4. The first-order valence-corrected chi connectivity index (χ1v) is 15.1. The summed E-state index contributed by atoms with van der Waals surface area (Å²) in [6.07, 6.45) is 3.89. The third kappa shape index (κ3) is 6.47. The summed E-state index contributed by atoms with van der Waals surface area (Å²) in [5.41, 5.74) is 2.08. The van der Waals surface area contributed by atoms with Gasteiger partial charge in [0.25, 0.3) is 5.91 Å². The van der Waals surface area contributed by atoms with Crippen LogP contribution in [0.3, 0.4) is 0 Å². The lowest BCUT2D eigenvalue weighted by Crippen LogP contribution is -2.60. The van der Waals surface area contributed by atoms with Gasteiger partial charge in [0.15, 0.2) is 0 Å². The summed E-state index contributed by atoms with van der Waals surface area (Å²) in [5.74, 6) is -4.69. The van der Waals surface area contributed by atoms with Crippen LogP contribution in [0.25, 0.3) is 0 Å². The average molecular weight is 625 g/mol. The Morgan fingerprint density at radius 1 is 1.07 bits per heavy atom. The molecule has 3 aliphatic rings. The molecule has 1 aliphatic carbocycles. The van der Waals surface area contributed by atoms with E-state index in [2.05, 4.69) is 5.10 Å². The lowest BCUT2D eigenvalue weighted by molar-refractivity contribution is -0.132. The second-order valence-electron chi connectivity index (χ2n) is 12.6. The van der Waals surface area contributed by atoms with Gasteiger partial charge >= 0.3 is 5.97 Å². The molecule has 1 saturated carbocycles. The monoisotopic (exact) mass is 624 g/mol. The van der Waals surface area contributed by atoms with Crippen molar-refractivity contribution in [3.63, 3.8) is 0 Å². The molecule has 1 aromatic heterocycles. The molecule has 0 radical (unpaired) electrons. The predicted octanol–water partition coefficient (Wildman–Crippen LogP) is 4.81. The molecule has 12 heteroatoms. The maximum Gasteiger partial charge on any atom is 0.336 e. The molecule has 238 valence electrons. The highest BCUT2D eigenvalue weighted by molar-refractivity contribution is 5.94. The first kappa shape index (κ1) is 30.8.